The number of ether oxygens (including phenoxy) is 1. The number of carbonyl (C=O) groups is 1. The third kappa shape index (κ3) is 2.53. The van der Waals surface area contributed by atoms with Crippen molar-refractivity contribution in [3.8, 4) is 22.6 Å². The van der Waals surface area contributed by atoms with Crippen LogP contribution in [0.1, 0.15) is 10.4 Å². The summed E-state index contributed by atoms with van der Waals surface area (Å²) in [6, 6.07) is 7.23. The highest BCUT2D eigenvalue weighted by atomic mass is 35.5. The number of methoxy groups -OCH3 is 1. The summed E-state index contributed by atoms with van der Waals surface area (Å²) >= 11 is 5.72. The summed E-state index contributed by atoms with van der Waals surface area (Å²) < 4.78 is 18.1. The van der Waals surface area contributed by atoms with Gasteiger partial charge < -0.3 is 9.84 Å². The Morgan fingerprint density at radius 3 is 2.58 bits per heavy atom. The Morgan fingerprint density at radius 1 is 1.26 bits per heavy atom. The highest BCUT2D eigenvalue weighted by molar-refractivity contribution is 6.31. The van der Waals surface area contributed by atoms with Crippen molar-refractivity contribution < 1.29 is 19.0 Å². The molecular weight excluding hydrogens is 271 g/mol. The fourth-order valence-electron chi connectivity index (χ4n) is 1.72. The van der Waals surface area contributed by atoms with Crippen LogP contribution >= 0.6 is 11.6 Å². The molecule has 2 aromatic rings. The van der Waals surface area contributed by atoms with Crippen molar-refractivity contribution in [1.82, 2.24) is 0 Å². The first-order valence-corrected chi connectivity index (χ1v) is 5.76. The molecule has 98 valence electrons. The van der Waals surface area contributed by atoms with E-state index in [2.05, 4.69) is 0 Å². The first-order chi connectivity index (χ1) is 9.06. The summed E-state index contributed by atoms with van der Waals surface area (Å²) in [5, 5.41) is 9.70. The number of rotatable bonds is 3. The maximum atomic E-state index is 13.1. The van der Waals surface area contributed by atoms with Gasteiger partial charge >= 0.3 is 0 Å². The van der Waals surface area contributed by atoms with Crippen molar-refractivity contribution in [2.45, 2.75) is 0 Å². The number of phenols is 1. The van der Waals surface area contributed by atoms with Crippen molar-refractivity contribution in [2.75, 3.05) is 7.11 Å². The number of hydrogen-bond donors (Lipinski definition) is 1. The van der Waals surface area contributed by atoms with Crippen LogP contribution in [0.25, 0.3) is 11.1 Å². The predicted octanol–water partition coefficient (Wildman–Crippen LogP) is 3.67. The molecule has 19 heavy (non-hydrogen) atoms. The Kier molecular flexibility index (Phi) is 3.71. The molecule has 0 heterocycles. The zero-order valence-electron chi connectivity index (χ0n) is 9.98. The molecule has 0 saturated heterocycles. The van der Waals surface area contributed by atoms with Gasteiger partial charge in [-0.25, -0.2) is 4.39 Å². The lowest BCUT2D eigenvalue weighted by molar-refractivity contribution is 0.112. The second-order valence-electron chi connectivity index (χ2n) is 3.86. The van der Waals surface area contributed by atoms with Gasteiger partial charge in [-0.3, -0.25) is 4.79 Å². The van der Waals surface area contributed by atoms with Gasteiger partial charge in [-0.15, -0.1) is 0 Å². The molecule has 2 rings (SSSR count). The van der Waals surface area contributed by atoms with E-state index in [9.17, 15) is 14.3 Å². The molecule has 0 radical (unpaired) electrons. The molecule has 0 bridgehead atoms. The van der Waals surface area contributed by atoms with E-state index in [4.69, 9.17) is 16.3 Å². The fraction of sp³-hybridized carbons (Fsp3) is 0.0714. The first-order valence-electron chi connectivity index (χ1n) is 5.38. The van der Waals surface area contributed by atoms with Gasteiger partial charge in [-0.2, -0.15) is 0 Å². The average Bonchev–Trinajstić information content (AvgIpc) is 2.42. The summed E-state index contributed by atoms with van der Waals surface area (Å²) in [4.78, 5) is 10.9. The number of phenolic OH excluding ortho intramolecular Hbond substituents is 1. The van der Waals surface area contributed by atoms with Gasteiger partial charge in [0.15, 0.2) is 17.8 Å². The van der Waals surface area contributed by atoms with Gasteiger partial charge in [-0.05, 0) is 35.4 Å². The minimum Gasteiger partial charge on any atom is -0.504 e. The van der Waals surface area contributed by atoms with E-state index in [0.29, 0.717) is 17.4 Å². The molecule has 0 aliphatic heterocycles. The lowest BCUT2D eigenvalue weighted by Gasteiger charge is -2.09. The largest absolute Gasteiger partial charge is 0.504 e. The van der Waals surface area contributed by atoms with Crippen LogP contribution in [0, 0.1) is 5.82 Å². The SMILES string of the molecule is COc1cc(-c2ccc(F)c(Cl)c2)cc(C=O)c1O. The third-order valence-corrected chi connectivity index (χ3v) is 2.99. The van der Waals surface area contributed by atoms with Gasteiger partial charge in [0.05, 0.1) is 17.7 Å². The minimum atomic E-state index is -0.522. The van der Waals surface area contributed by atoms with Crippen LogP contribution < -0.4 is 4.74 Å². The quantitative estimate of drug-likeness (QED) is 0.873. The molecule has 0 aliphatic rings. The molecule has 0 unspecified atom stereocenters. The molecule has 0 saturated carbocycles. The molecule has 0 atom stereocenters. The van der Waals surface area contributed by atoms with Crippen LogP contribution in [0.15, 0.2) is 30.3 Å². The molecule has 0 aromatic heterocycles. The Balaban J connectivity index is 2.61. The maximum absolute atomic E-state index is 13.1. The highest BCUT2D eigenvalue weighted by Gasteiger charge is 2.12. The number of halogens is 2. The first kappa shape index (κ1) is 13.4. The third-order valence-electron chi connectivity index (χ3n) is 2.70. The van der Waals surface area contributed by atoms with E-state index in [1.165, 1.54) is 31.4 Å². The van der Waals surface area contributed by atoms with Gasteiger partial charge in [-0.1, -0.05) is 17.7 Å². The topological polar surface area (TPSA) is 46.5 Å². The second-order valence-corrected chi connectivity index (χ2v) is 4.27. The molecular formula is C14H10ClFO3. The average molecular weight is 281 g/mol. The number of aldehydes is 1. The molecule has 0 amide bonds. The van der Waals surface area contributed by atoms with Crippen molar-refractivity contribution in [2.24, 2.45) is 0 Å². The monoisotopic (exact) mass is 280 g/mol. The Labute approximate surface area is 114 Å². The summed E-state index contributed by atoms with van der Waals surface area (Å²) in [6.45, 7) is 0. The number of carbonyl (C=O) groups excluding carboxylic acids is 1. The van der Waals surface area contributed by atoms with E-state index in [1.807, 2.05) is 0 Å². The van der Waals surface area contributed by atoms with Gasteiger partial charge in [0.2, 0.25) is 0 Å². The molecule has 5 heteroatoms. The molecule has 3 nitrogen and oxygen atoms in total. The molecule has 0 spiro atoms. The van der Waals surface area contributed by atoms with Gasteiger partial charge in [0.1, 0.15) is 5.82 Å². The van der Waals surface area contributed by atoms with Crippen molar-refractivity contribution in [3.05, 3.63) is 46.7 Å². The van der Waals surface area contributed by atoms with Crippen molar-refractivity contribution >= 4 is 17.9 Å². The fourth-order valence-corrected chi connectivity index (χ4v) is 1.90. The summed E-state index contributed by atoms with van der Waals surface area (Å²) in [5.41, 5.74) is 1.31. The Morgan fingerprint density at radius 2 is 2.00 bits per heavy atom. The van der Waals surface area contributed by atoms with Crippen LogP contribution in [0.2, 0.25) is 5.02 Å². The Hall–Kier alpha value is -2.07. The predicted molar refractivity (Wildman–Crippen MR) is 70.5 cm³/mol. The molecule has 0 fully saturated rings. The van der Waals surface area contributed by atoms with Crippen LogP contribution in [-0.4, -0.2) is 18.5 Å². The van der Waals surface area contributed by atoms with E-state index < -0.39 is 5.82 Å². The molecule has 1 N–H and O–H groups in total. The summed E-state index contributed by atoms with van der Waals surface area (Å²) in [7, 11) is 1.38. The smallest absolute Gasteiger partial charge is 0.168 e. The second kappa shape index (κ2) is 5.28. The van der Waals surface area contributed by atoms with Crippen LogP contribution in [0.4, 0.5) is 4.39 Å². The van der Waals surface area contributed by atoms with Crippen LogP contribution in [0.5, 0.6) is 11.5 Å². The summed E-state index contributed by atoms with van der Waals surface area (Å²) in [6.07, 6.45) is 0.520. The molecule has 0 aliphatic carbocycles. The zero-order valence-corrected chi connectivity index (χ0v) is 10.7. The highest BCUT2D eigenvalue weighted by Crippen LogP contribution is 2.35. The number of benzene rings is 2. The zero-order chi connectivity index (χ0) is 14.0. The maximum Gasteiger partial charge on any atom is 0.168 e. The standard InChI is InChI=1S/C14H10ClFO3/c1-19-13-6-9(4-10(7-17)14(13)18)8-2-3-12(16)11(15)5-8/h2-7,18H,1H3. The van der Waals surface area contributed by atoms with E-state index in [0.717, 1.165) is 0 Å². The summed E-state index contributed by atoms with van der Waals surface area (Å²) in [5.74, 6) is -0.582. The van der Waals surface area contributed by atoms with E-state index in [-0.39, 0.29) is 22.1 Å². The van der Waals surface area contributed by atoms with Gasteiger partial charge in [0.25, 0.3) is 0 Å². The number of hydrogen-bond acceptors (Lipinski definition) is 3. The number of aromatic hydroxyl groups is 1. The van der Waals surface area contributed by atoms with Crippen molar-refractivity contribution in [3.63, 3.8) is 0 Å². The van der Waals surface area contributed by atoms with Crippen LogP contribution in [0.3, 0.4) is 0 Å². The van der Waals surface area contributed by atoms with E-state index >= 15 is 0 Å². The van der Waals surface area contributed by atoms with E-state index in [1.54, 1.807) is 6.07 Å². The Bertz CT molecular complexity index is 641. The lowest BCUT2D eigenvalue weighted by Crippen LogP contribution is -1.91. The molecule has 2 aromatic carbocycles. The van der Waals surface area contributed by atoms with Crippen LogP contribution in [-0.2, 0) is 0 Å². The normalized spacial score (nSPS) is 10.3. The lowest BCUT2D eigenvalue weighted by atomic mass is 10.0. The minimum absolute atomic E-state index is 0.0165. The van der Waals surface area contributed by atoms with Crippen molar-refractivity contribution in [1.29, 1.82) is 0 Å². The van der Waals surface area contributed by atoms with Gasteiger partial charge in [0, 0.05) is 0 Å².